The lowest BCUT2D eigenvalue weighted by molar-refractivity contribution is 0.102. The molecule has 0 bridgehead atoms. The third kappa shape index (κ3) is 3.58. The predicted molar refractivity (Wildman–Crippen MR) is 86.1 cm³/mol. The van der Waals surface area contributed by atoms with Crippen molar-refractivity contribution in [1.82, 2.24) is 4.98 Å². The zero-order valence-corrected chi connectivity index (χ0v) is 13.5. The summed E-state index contributed by atoms with van der Waals surface area (Å²) in [5, 5.41) is 3.51. The Hall–Kier alpha value is -0.850. The molecule has 0 aliphatic heterocycles. The van der Waals surface area contributed by atoms with E-state index in [9.17, 15) is 4.79 Å². The number of benzene rings is 1. The van der Waals surface area contributed by atoms with Crippen molar-refractivity contribution in [2.24, 2.45) is 0 Å². The summed E-state index contributed by atoms with van der Waals surface area (Å²) in [7, 11) is 0. The van der Waals surface area contributed by atoms with Gasteiger partial charge >= 0.3 is 0 Å². The minimum absolute atomic E-state index is 0.326. The highest BCUT2D eigenvalue weighted by Crippen LogP contribution is 2.22. The summed E-state index contributed by atoms with van der Waals surface area (Å²) in [6, 6.07) is 8.38. The maximum absolute atomic E-state index is 12.1. The van der Waals surface area contributed by atoms with Gasteiger partial charge in [-0.1, -0.05) is 23.2 Å². The summed E-state index contributed by atoms with van der Waals surface area (Å²) in [6.07, 6.45) is 0. The molecule has 1 N–H and O–H groups in total. The highest BCUT2D eigenvalue weighted by molar-refractivity contribution is 14.1. The maximum Gasteiger partial charge on any atom is 0.258 e. The van der Waals surface area contributed by atoms with Crippen LogP contribution in [0.25, 0.3) is 0 Å². The largest absolute Gasteiger partial charge is 0.307 e. The number of carbonyl (C=O) groups excluding carboxylic acids is 1. The Morgan fingerprint density at radius 2 is 2.00 bits per heavy atom. The Morgan fingerprint density at radius 1 is 1.26 bits per heavy atom. The number of pyridine rings is 1. The molecule has 1 aromatic carbocycles. The van der Waals surface area contributed by atoms with Crippen LogP contribution >= 0.6 is 45.8 Å². The van der Waals surface area contributed by atoms with Crippen molar-refractivity contribution in [3.05, 3.63) is 55.2 Å². The number of anilines is 1. The first-order chi connectivity index (χ1) is 8.97. The van der Waals surface area contributed by atoms with Crippen LogP contribution < -0.4 is 5.32 Å². The van der Waals surface area contributed by atoms with Crippen LogP contribution in [0.2, 0.25) is 10.0 Å². The lowest BCUT2D eigenvalue weighted by Gasteiger charge is -2.07. The molecule has 2 aromatic rings. The topological polar surface area (TPSA) is 42.0 Å². The molecule has 0 fully saturated rings. The Bertz CT molecular complexity index is 647. The van der Waals surface area contributed by atoms with Gasteiger partial charge in [-0.05, 0) is 59.8 Å². The molecule has 1 heterocycles. The highest BCUT2D eigenvalue weighted by atomic mass is 127. The monoisotopic (exact) mass is 406 g/mol. The first-order valence-corrected chi connectivity index (χ1v) is 7.20. The Kier molecular flexibility index (Phi) is 4.65. The van der Waals surface area contributed by atoms with E-state index >= 15 is 0 Å². The number of nitrogens with zero attached hydrogens (tertiary/aromatic N) is 1. The molecule has 0 saturated carbocycles. The number of aromatic nitrogens is 1. The van der Waals surface area contributed by atoms with E-state index in [4.69, 9.17) is 23.2 Å². The van der Waals surface area contributed by atoms with Crippen LogP contribution in [0.3, 0.4) is 0 Å². The number of carbonyl (C=O) groups is 1. The van der Waals surface area contributed by atoms with Gasteiger partial charge in [0.1, 0.15) is 5.82 Å². The van der Waals surface area contributed by atoms with Gasteiger partial charge in [0.15, 0.2) is 0 Å². The van der Waals surface area contributed by atoms with E-state index in [2.05, 4.69) is 32.9 Å². The molecule has 19 heavy (non-hydrogen) atoms. The molecule has 0 spiro atoms. The first kappa shape index (κ1) is 14.6. The second kappa shape index (κ2) is 6.07. The molecule has 0 atom stereocenters. The van der Waals surface area contributed by atoms with Crippen molar-refractivity contribution in [3.8, 4) is 0 Å². The zero-order valence-electron chi connectivity index (χ0n) is 9.88. The highest BCUT2D eigenvalue weighted by Gasteiger charge is 2.12. The molecule has 3 nitrogen and oxygen atoms in total. The second-order valence-electron chi connectivity index (χ2n) is 3.84. The quantitative estimate of drug-likeness (QED) is 0.743. The molecule has 0 aliphatic rings. The molecular weight excluding hydrogens is 398 g/mol. The third-order valence-electron chi connectivity index (χ3n) is 2.44. The molecular formula is C13H9Cl2IN2O. The van der Waals surface area contributed by atoms with Crippen molar-refractivity contribution in [2.45, 2.75) is 6.92 Å². The molecule has 1 aromatic heterocycles. The number of amides is 1. The number of rotatable bonds is 2. The van der Waals surface area contributed by atoms with Crippen LogP contribution in [-0.2, 0) is 0 Å². The number of hydrogen-bond acceptors (Lipinski definition) is 2. The van der Waals surface area contributed by atoms with Crippen molar-refractivity contribution < 1.29 is 4.79 Å². The van der Waals surface area contributed by atoms with E-state index in [0.29, 0.717) is 21.4 Å². The fourth-order valence-corrected chi connectivity index (χ4v) is 2.14. The van der Waals surface area contributed by atoms with Gasteiger partial charge in [0.25, 0.3) is 5.91 Å². The lowest BCUT2D eigenvalue weighted by Crippen LogP contribution is -2.14. The van der Waals surface area contributed by atoms with Gasteiger partial charge in [-0.25, -0.2) is 4.98 Å². The fourth-order valence-electron chi connectivity index (χ4n) is 1.47. The van der Waals surface area contributed by atoms with Gasteiger partial charge in [-0.15, -0.1) is 0 Å². The summed E-state index contributed by atoms with van der Waals surface area (Å²) in [5.41, 5.74) is 1.18. The molecule has 2 rings (SSSR count). The van der Waals surface area contributed by atoms with Crippen molar-refractivity contribution in [3.63, 3.8) is 0 Å². The summed E-state index contributed by atoms with van der Waals surface area (Å²) in [5.74, 6) is 0.152. The van der Waals surface area contributed by atoms with Gasteiger partial charge in [0.2, 0.25) is 0 Å². The van der Waals surface area contributed by atoms with Gasteiger partial charge < -0.3 is 5.32 Å². The zero-order chi connectivity index (χ0) is 14.0. The minimum Gasteiger partial charge on any atom is -0.307 e. The van der Waals surface area contributed by atoms with Crippen LogP contribution in [0.15, 0.2) is 30.3 Å². The Balaban J connectivity index is 2.25. The molecule has 6 heteroatoms. The number of halogens is 3. The average molecular weight is 407 g/mol. The lowest BCUT2D eigenvalue weighted by atomic mass is 10.2. The third-order valence-corrected chi connectivity index (χ3v) is 4.14. The normalized spacial score (nSPS) is 10.3. The Morgan fingerprint density at radius 3 is 2.68 bits per heavy atom. The molecule has 0 aliphatic carbocycles. The first-order valence-electron chi connectivity index (χ1n) is 5.37. The summed E-state index contributed by atoms with van der Waals surface area (Å²) in [4.78, 5) is 16.4. The van der Waals surface area contributed by atoms with Gasteiger partial charge in [0.05, 0.1) is 16.3 Å². The summed E-state index contributed by atoms with van der Waals surface area (Å²) in [6.45, 7) is 1.88. The van der Waals surface area contributed by atoms with Gasteiger partial charge in [0, 0.05) is 8.59 Å². The standard InChI is InChI=1S/C13H9Cl2IN2O/c1-7-11(16)4-5-12(17-7)18-13(19)9-6-8(14)2-3-10(9)15/h2-6H,1H3,(H,17,18,19). The SMILES string of the molecule is Cc1nc(NC(=O)c2cc(Cl)ccc2Cl)ccc1I. The van der Waals surface area contributed by atoms with E-state index in [0.717, 1.165) is 9.26 Å². The van der Waals surface area contributed by atoms with Crippen molar-refractivity contribution >= 4 is 57.5 Å². The van der Waals surface area contributed by atoms with E-state index in [1.54, 1.807) is 18.2 Å². The molecule has 1 amide bonds. The second-order valence-corrected chi connectivity index (χ2v) is 5.85. The van der Waals surface area contributed by atoms with Crippen LogP contribution in [0.4, 0.5) is 5.82 Å². The predicted octanol–water partition coefficient (Wildman–Crippen LogP) is 4.55. The van der Waals surface area contributed by atoms with Crippen LogP contribution in [-0.4, -0.2) is 10.9 Å². The molecule has 0 saturated heterocycles. The minimum atomic E-state index is -0.333. The average Bonchev–Trinajstić information content (AvgIpc) is 2.36. The summed E-state index contributed by atoms with van der Waals surface area (Å²) < 4.78 is 1.04. The number of nitrogens with one attached hydrogen (secondary N) is 1. The number of hydrogen-bond donors (Lipinski definition) is 1. The van der Waals surface area contributed by atoms with Crippen LogP contribution in [0, 0.1) is 10.5 Å². The van der Waals surface area contributed by atoms with Crippen LogP contribution in [0.1, 0.15) is 16.1 Å². The van der Waals surface area contributed by atoms with E-state index in [-0.39, 0.29) is 5.91 Å². The summed E-state index contributed by atoms with van der Waals surface area (Å²) >= 11 is 14.0. The Labute approximate surface area is 134 Å². The van der Waals surface area contributed by atoms with Crippen molar-refractivity contribution in [1.29, 1.82) is 0 Å². The van der Waals surface area contributed by atoms with E-state index in [1.165, 1.54) is 6.07 Å². The van der Waals surface area contributed by atoms with Gasteiger partial charge in [-0.3, -0.25) is 4.79 Å². The smallest absolute Gasteiger partial charge is 0.258 e. The molecule has 0 radical (unpaired) electrons. The molecule has 0 unspecified atom stereocenters. The van der Waals surface area contributed by atoms with E-state index < -0.39 is 0 Å². The number of aryl methyl sites for hydroxylation is 1. The van der Waals surface area contributed by atoms with Gasteiger partial charge in [-0.2, -0.15) is 0 Å². The maximum atomic E-state index is 12.1. The van der Waals surface area contributed by atoms with E-state index in [1.807, 2.05) is 13.0 Å². The van der Waals surface area contributed by atoms with Crippen LogP contribution in [0.5, 0.6) is 0 Å². The molecule has 98 valence electrons. The fraction of sp³-hybridized carbons (Fsp3) is 0.0769. The van der Waals surface area contributed by atoms with Crippen molar-refractivity contribution in [2.75, 3.05) is 5.32 Å².